The van der Waals surface area contributed by atoms with Gasteiger partial charge in [-0.15, -0.1) is 0 Å². The number of amides is 1. The van der Waals surface area contributed by atoms with Gasteiger partial charge in [0.2, 0.25) is 0 Å². The van der Waals surface area contributed by atoms with E-state index in [-0.39, 0.29) is 15.4 Å². The van der Waals surface area contributed by atoms with Gasteiger partial charge in [-0.2, -0.15) is 4.36 Å². The molecule has 0 N–H and O–H groups in total. The van der Waals surface area contributed by atoms with E-state index in [2.05, 4.69) is 25.1 Å². The first kappa shape index (κ1) is 13.6. The van der Waals surface area contributed by atoms with Crippen LogP contribution in [-0.2, 0) is 15.4 Å². The molecule has 0 rings (SSSR count). The Hall–Kier alpha value is -0.380. The fourth-order valence-electron chi connectivity index (χ4n) is 0.529. The highest BCUT2D eigenvalue weighted by Gasteiger charge is 2.18. The van der Waals surface area contributed by atoms with Crippen LogP contribution in [0.5, 0.6) is 0 Å². The number of carbonyl (C=O) groups is 1. The summed E-state index contributed by atoms with van der Waals surface area (Å²) in [6.45, 7) is 11.7. The molecule has 0 aromatic heterocycles. The molecule has 4 heteroatoms. The molecule has 1 unspecified atom stereocenters. The maximum atomic E-state index is 11.3. The van der Waals surface area contributed by atoms with Gasteiger partial charge >= 0.3 is 6.09 Å². The Balaban J connectivity index is 4.46. The second-order valence-electron chi connectivity index (χ2n) is 5.16. The highest BCUT2D eigenvalue weighted by atomic mass is 32.2. The normalized spacial score (nSPS) is 15.4. The van der Waals surface area contributed by atoms with E-state index in [4.69, 9.17) is 4.74 Å². The molecule has 0 aliphatic heterocycles. The smallest absolute Gasteiger partial charge is 0.440 e. The molecule has 0 aliphatic rings. The van der Waals surface area contributed by atoms with Crippen LogP contribution in [0.4, 0.5) is 4.79 Å². The Morgan fingerprint density at radius 1 is 1.14 bits per heavy atom. The van der Waals surface area contributed by atoms with Gasteiger partial charge in [0.25, 0.3) is 0 Å². The standard InChI is InChI=1S/C10H21NO2S/c1-9(2,3)13-8(12)11-14(7)10(4,5)6/h1-7H3. The van der Waals surface area contributed by atoms with Crippen molar-refractivity contribution in [3.8, 4) is 0 Å². The number of carbonyl (C=O) groups excluding carboxylic acids is 1. The maximum absolute atomic E-state index is 11.3. The maximum Gasteiger partial charge on any atom is 0.440 e. The van der Waals surface area contributed by atoms with Gasteiger partial charge in [0, 0.05) is 4.75 Å². The second kappa shape index (κ2) is 4.43. The summed E-state index contributed by atoms with van der Waals surface area (Å²) in [5, 5.41) is 0. The van der Waals surface area contributed by atoms with E-state index >= 15 is 0 Å². The van der Waals surface area contributed by atoms with Crippen molar-refractivity contribution in [3.05, 3.63) is 0 Å². The summed E-state index contributed by atoms with van der Waals surface area (Å²) in [5.74, 6) is 0. The lowest BCUT2D eigenvalue weighted by Gasteiger charge is -2.21. The molecule has 0 aromatic carbocycles. The van der Waals surface area contributed by atoms with Crippen LogP contribution in [-0.4, -0.2) is 22.7 Å². The van der Waals surface area contributed by atoms with E-state index in [0.29, 0.717) is 0 Å². The van der Waals surface area contributed by atoms with E-state index in [1.807, 2.05) is 27.0 Å². The van der Waals surface area contributed by atoms with Crippen molar-refractivity contribution >= 4 is 16.8 Å². The third kappa shape index (κ3) is 6.13. The highest BCUT2D eigenvalue weighted by Crippen LogP contribution is 2.14. The van der Waals surface area contributed by atoms with E-state index in [0.717, 1.165) is 0 Å². The Morgan fingerprint density at radius 3 is 1.86 bits per heavy atom. The molecule has 0 fully saturated rings. The molecule has 0 radical (unpaired) electrons. The van der Waals surface area contributed by atoms with Gasteiger partial charge in [-0.3, -0.25) is 0 Å². The Kier molecular flexibility index (Phi) is 4.31. The number of hydrogen-bond donors (Lipinski definition) is 0. The van der Waals surface area contributed by atoms with Crippen molar-refractivity contribution in [2.45, 2.75) is 51.9 Å². The summed E-state index contributed by atoms with van der Waals surface area (Å²) in [6, 6.07) is 0. The minimum atomic E-state index is -0.460. The third-order valence-electron chi connectivity index (χ3n) is 1.49. The summed E-state index contributed by atoms with van der Waals surface area (Å²) >= 11 is 0. The van der Waals surface area contributed by atoms with Gasteiger partial charge in [0.1, 0.15) is 5.60 Å². The average Bonchev–Trinajstić information content (AvgIpc) is 1.79. The average molecular weight is 219 g/mol. The van der Waals surface area contributed by atoms with E-state index in [1.165, 1.54) is 0 Å². The van der Waals surface area contributed by atoms with Crippen molar-refractivity contribution in [3.63, 3.8) is 0 Å². The van der Waals surface area contributed by atoms with Gasteiger partial charge in [0.15, 0.2) is 0 Å². The molecular weight excluding hydrogens is 198 g/mol. The van der Waals surface area contributed by atoms with Crippen LogP contribution in [0, 0.1) is 0 Å². The molecular formula is C10H21NO2S. The van der Waals surface area contributed by atoms with Crippen molar-refractivity contribution in [1.29, 1.82) is 0 Å². The molecule has 1 atom stereocenters. The lowest BCUT2D eigenvalue weighted by atomic mass is 10.2. The second-order valence-corrected chi connectivity index (χ2v) is 7.53. The number of nitrogens with zero attached hydrogens (tertiary/aromatic N) is 1. The minimum Gasteiger partial charge on any atom is -0.442 e. The predicted molar refractivity (Wildman–Crippen MR) is 61.7 cm³/mol. The molecule has 1 amide bonds. The van der Waals surface area contributed by atoms with E-state index in [9.17, 15) is 4.79 Å². The molecule has 0 saturated carbocycles. The summed E-state index contributed by atoms with van der Waals surface area (Å²) in [5.41, 5.74) is -0.456. The molecule has 0 aromatic rings. The quantitative estimate of drug-likeness (QED) is 0.627. The zero-order chi connectivity index (χ0) is 11.6. The fraction of sp³-hybridized carbons (Fsp3) is 0.900. The zero-order valence-corrected chi connectivity index (χ0v) is 11.0. The lowest BCUT2D eigenvalue weighted by Crippen LogP contribution is -2.25. The van der Waals surface area contributed by atoms with Crippen LogP contribution >= 0.6 is 0 Å². The van der Waals surface area contributed by atoms with Crippen LogP contribution in [0.15, 0.2) is 4.36 Å². The molecule has 0 bridgehead atoms. The van der Waals surface area contributed by atoms with Gasteiger partial charge in [-0.05, 0) is 27.0 Å². The first-order valence-corrected chi connectivity index (χ1v) is 6.22. The molecule has 0 spiro atoms. The Labute approximate surface area is 89.3 Å². The topological polar surface area (TPSA) is 38.7 Å². The highest BCUT2D eigenvalue weighted by molar-refractivity contribution is 7.88. The molecule has 0 heterocycles. The van der Waals surface area contributed by atoms with Gasteiger partial charge in [-0.1, -0.05) is 31.5 Å². The Bertz CT molecular complexity index is 246. The van der Waals surface area contributed by atoms with Gasteiger partial charge in [-0.25, -0.2) is 4.79 Å². The Morgan fingerprint density at radius 2 is 1.57 bits per heavy atom. The molecule has 14 heavy (non-hydrogen) atoms. The lowest BCUT2D eigenvalue weighted by molar-refractivity contribution is 0.0608. The van der Waals surface area contributed by atoms with Crippen LogP contribution in [0.25, 0.3) is 0 Å². The SMILES string of the molecule is C/S(=N/C(=O)OC(C)(C)C)C(C)(C)C. The van der Waals surface area contributed by atoms with Crippen molar-refractivity contribution < 1.29 is 9.53 Å². The largest absolute Gasteiger partial charge is 0.442 e. The molecule has 3 nitrogen and oxygen atoms in total. The number of ether oxygens (including phenoxy) is 1. The third-order valence-corrected chi connectivity index (χ3v) is 3.69. The van der Waals surface area contributed by atoms with Crippen LogP contribution in [0.2, 0.25) is 0 Å². The molecule has 0 saturated heterocycles. The van der Waals surface area contributed by atoms with Gasteiger partial charge in [0.05, 0.1) is 0 Å². The summed E-state index contributed by atoms with van der Waals surface area (Å²) in [4.78, 5) is 11.3. The number of rotatable bonds is 0. The van der Waals surface area contributed by atoms with Crippen LogP contribution in [0.1, 0.15) is 41.5 Å². The van der Waals surface area contributed by atoms with E-state index < -0.39 is 11.7 Å². The van der Waals surface area contributed by atoms with E-state index in [1.54, 1.807) is 0 Å². The first-order valence-electron chi connectivity index (χ1n) is 4.63. The molecule has 84 valence electrons. The first-order chi connectivity index (χ1) is 6.02. The van der Waals surface area contributed by atoms with Crippen LogP contribution < -0.4 is 0 Å². The van der Waals surface area contributed by atoms with Crippen molar-refractivity contribution in [2.75, 3.05) is 6.26 Å². The summed E-state index contributed by atoms with van der Waals surface area (Å²) < 4.78 is 9.13. The fourth-order valence-corrected chi connectivity index (χ4v) is 1.06. The van der Waals surface area contributed by atoms with Gasteiger partial charge < -0.3 is 4.74 Å². The van der Waals surface area contributed by atoms with Crippen molar-refractivity contribution in [1.82, 2.24) is 0 Å². The zero-order valence-electron chi connectivity index (χ0n) is 10.2. The summed E-state index contributed by atoms with van der Waals surface area (Å²) in [7, 11) is -0.302. The van der Waals surface area contributed by atoms with Crippen molar-refractivity contribution in [2.24, 2.45) is 4.36 Å². The summed E-state index contributed by atoms with van der Waals surface area (Å²) in [6.07, 6.45) is 1.49. The predicted octanol–water partition coefficient (Wildman–Crippen LogP) is 3.15. The molecule has 0 aliphatic carbocycles. The number of hydrogen-bond acceptors (Lipinski definition) is 2. The monoisotopic (exact) mass is 219 g/mol. The van der Waals surface area contributed by atoms with Crippen LogP contribution in [0.3, 0.4) is 0 Å². The minimum absolute atomic E-state index is 0.0247.